The number of rotatable bonds is 3. The number of hydrogen-bond acceptors (Lipinski definition) is 2. The summed E-state index contributed by atoms with van der Waals surface area (Å²) in [5.41, 5.74) is 1.07. The van der Waals surface area contributed by atoms with E-state index in [2.05, 4.69) is 18.4 Å². The first-order chi connectivity index (χ1) is 6.31. The zero-order chi connectivity index (χ0) is 9.26. The van der Waals surface area contributed by atoms with Gasteiger partial charge in [0.1, 0.15) is 0 Å². The number of aliphatic hydroxyl groups excluding tert-OH is 1. The van der Waals surface area contributed by atoms with Crippen molar-refractivity contribution in [3.8, 4) is 0 Å². The van der Waals surface area contributed by atoms with Crippen LogP contribution in [0, 0.1) is 5.92 Å². The molecule has 13 heavy (non-hydrogen) atoms. The summed E-state index contributed by atoms with van der Waals surface area (Å²) in [6, 6.07) is 8.22. The SMILES string of the molecule is CSc1ccc(C(O)C2CC2)cc1. The molecule has 1 N–H and O–H groups in total. The van der Waals surface area contributed by atoms with E-state index in [9.17, 15) is 5.11 Å². The van der Waals surface area contributed by atoms with Crippen molar-refractivity contribution in [2.75, 3.05) is 6.26 Å². The van der Waals surface area contributed by atoms with Crippen molar-refractivity contribution < 1.29 is 5.11 Å². The van der Waals surface area contributed by atoms with Crippen LogP contribution < -0.4 is 0 Å². The lowest BCUT2D eigenvalue weighted by Crippen LogP contribution is -1.98. The van der Waals surface area contributed by atoms with Gasteiger partial charge in [-0.15, -0.1) is 11.8 Å². The van der Waals surface area contributed by atoms with E-state index in [0.29, 0.717) is 5.92 Å². The Bertz CT molecular complexity index is 277. The first-order valence-corrected chi connectivity index (χ1v) is 5.86. The Balaban J connectivity index is 2.11. The molecule has 1 nitrogen and oxygen atoms in total. The average molecular weight is 194 g/mol. The Labute approximate surface area is 83.2 Å². The largest absolute Gasteiger partial charge is 0.388 e. The molecule has 1 aromatic rings. The maximum absolute atomic E-state index is 9.82. The molecular weight excluding hydrogens is 180 g/mol. The fraction of sp³-hybridized carbons (Fsp3) is 0.455. The van der Waals surface area contributed by atoms with Crippen molar-refractivity contribution >= 4 is 11.8 Å². The molecule has 0 heterocycles. The predicted molar refractivity (Wildman–Crippen MR) is 55.9 cm³/mol. The van der Waals surface area contributed by atoms with Crippen molar-refractivity contribution in [2.45, 2.75) is 23.8 Å². The summed E-state index contributed by atoms with van der Waals surface area (Å²) in [7, 11) is 0. The van der Waals surface area contributed by atoms with Gasteiger partial charge in [-0.25, -0.2) is 0 Å². The summed E-state index contributed by atoms with van der Waals surface area (Å²) in [6.45, 7) is 0. The summed E-state index contributed by atoms with van der Waals surface area (Å²) < 4.78 is 0. The van der Waals surface area contributed by atoms with Gasteiger partial charge in [0.15, 0.2) is 0 Å². The first kappa shape index (κ1) is 9.10. The normalized spacial score (nSPS) is 18.6. The van der Waals surface area contributed by atoms with Gasteiger partial charge in [0.2, 0.25) is 0 Å². The van der Waals surface area contributed by atoms with E-state index in [-0.39, 0.29) is 6.10 Å². The van der Waals surface area contributed by atoms with Crippen LogP contribution in [-0.4, -0.2) is 11.4 Å². The molecule has 0 saturated heterocycles. The van der Waals surface area contributed by atoms with Crippen molar-refractivity contribution in [1.29, 1.82) is 0 Å². The van der Waals surface area contributed by atoms with Crippen molar-refractivity contribution in [3.63, 3.8) is 0 Å². The molecule has 2 rings (SSSR count). The minimum Gasteiger partial charge on any atom is -0.388 e. The van der Waals surface area contributed by atoms with Crippen molar-refractivity contribution in [1.82, 2.24) is 0 Å². The molecule has 0 aliphatic heterocycles. The molecule has 0 spiro atoms. The Hall–Kier alpha value is -0.470. The highest BCUT2D eigenvalue weighted by Gasteiger charge is 2.30. The van der Waals surface area contributed by atoms with E-state index in [4.69, 9.17) is 0 Å². The fourth-order valence-corrected chi connectivity index (χ4v) is 1.89. The third-order valence-electron chi connectivity index (χ3n) is 2.53. The zero-order valence-corrected chi connectivity index (χ0v) is 8.55. The van der Waals surface area contributed by atoms with Gasteiger partial charge >= 0.3 is 0 Å². The second-order valence-corrected chi connectivity index (χ2v) is 4.44. The maximum atomic E-state index is 9.82. The highest BCUT2D eigenvalue weighted by atomic mass is 32.2. The van der Waals surface area contributed by atoms with Crippen LogP contribution in [0.1, 0.15) is 24.5 Å². The summed E-state index contributed by atoms with van der Waals surface area (Å²) in [5, 5.41) is 9.82. The predicted octanol–water partition coefficient (Wildman–Crippen LogP) is 2.85. The Kier molecular flexibility index (Phi) is 2.61. The summed E-state index contributed by atoms with van der Waals surface area (Å²) >= 11 is 1.73. The molecule has 70 valence electrons. The molecule has 0 amide bonds. The van der Waals surface area contributed by atoms with Crippen LogP contribution in [0.3, 0.4) is 0 Å². The van der Waals surface area contributed by atoms with Crippen LogP contribution in [-0.2, 0) is 0 Å². The molecule has 1 unspecified atom stereocenters. The standard InChI is InChI=1S/C11H14OS/c1-13-10-6-4-9(5-7-10)11(12)8-2-3-8/h4-8,11-12H,2-3H2,1H3. The first-order valence-electron chi connectivity index (χ1n) is 4.63. The molecule has 0 radical (unpaired) electrons. The molecule has 1 aromatic carbocycles. The summed E-state index contributed by atoms with van der Waals surface area (Å²) in [4.78, 5) is 1.26. The lowest BCUT2D eigenvalue weighted by atomic mass is 10.1. The van der Waals surface area contributed by atoms with Crippen LogP contribution in [0.25, 0.3) is 0 Å². The highest BCUT2D eigenvalue weighted by Crippen LogP contribution is 2.40. The third-order valence-corrected chi connectivity index (χ3v) is 3.27. The topological polar surface area (TPSA) is 20.2 Å². The molecule has 1 saturated carbocycles. The van der Waals surface area contributed by atoms with Gasteiger partial charge < -0.3 is 5.11 Å². The zero-order valence-electron chi connectivity index (χ0n) is 7.73. The lowest BCUT2D eigenvalue weighted by molar-refractivity contribution is 0.154. The van der Waals surface area contributed by atoms with Crippen LogP contribution in [0.4, 0.5) is 0 Å². The van der Waals surface area contributed by atoms with E-state index >= 15 is 0 Å². The number of hydrogen-bond donors (Lipinski definition) is 1. The molecule has 1 aliphatic rings. The van der Waals surface area contributed by atoms with Gasteiger partial charge in [-0.2, -0.15) is 0 Å². The minimum atomic E-state index is -0.226. The van der Waals surface area contributed by atoms with E-state index < -0.39 is 0 Å². The number of aliphatic hydroxyl groups is 1. The quantitative estimate of drug-likeness (QED) is 0.747. The number of benzene rings is 1. The van der Waals surface area contributed by atoms with Gasteiger partial charge in [-0.1, -0.05) is 12.1 Å². The van der Waals surface area contributed by atoms with Crippen LogP contribution >= 0.6 is 11.8 Å². The van der Waals surface area contributed by atoms with Crippen molar-refractivity contribution in [3.05, 3.63) is 29.8 Å². The molecule has 2 heteroatoms. The summed E-state index contributed by atoms with van der Waals surface area (Å²) in [5.74, 6) is 0.528. The molecule has 0 aromatic heterocycles. The van der Waals surface area contributed by atoms with E-state index in [1.807, 2.05) is 12.1 Å². The molecule has 1 atom stereocenters. The van der Waals surface area contributed by atoms with Crippen LogP contribution in [0.2, 0.25) is 0 Å². The Morgan fingerprint density at radius 2 is 1.92 bits per heavy atom. The van der Waals surface area contributed by atoms with E-state index in [0.717, 1.165) is 5.56 Å². The Morgan fingerprint density at radius 1 is 1.31 bits per heavy atom. The number of thioether (sulfide) groups is 1. The maximum Gasteiger partial charge on any atom is 0.0818 e. The third kappa shape index (κ3) is 2.06. The second kappa shape index (κ2) is 3.72. The monoisotopic (exact) mass is 194 g/mol. The van der Waals surface area contributed by atoms with E-state index in [1.165, 1.54) is 17.7 Å². The second-order valence-electron chi connectivity index (χ2n) is 3.56. The smallest absolute Gasteiger partial charge is 0.0818 e. The molecule has 0 bridgehead atoms. The molecule has 1 fully saturated rings. The Morgan fingerprint density at radius 3 is 2.38 bits per heavy atom. The van der Waals surface area contributed by atoms with Gasteiger partial charge in [0.25, 0.3) is 0 Å². The van der Waals surface area contributed by atoms with Gasteiger partial charge in [0.05, 0.1) is 6.10 Å². The molecular formula is C11H14OS. The van der Waals surface area contributed by atoms with Gasteiger partial charge in [-0.3, -0.25) is 0 Å². The van der Waals surface area contributed by atoms with Crippen LogP contribution in [0.15, 0.2) is 29.2 Å². The van der Waals surface area contributed by atoms with Crippen molar-refractivity contribution in [2.24, 2.45) is 5.92 Å². The van der Waals surface area contributed by atoms with Gasteiger partial charge in [-0.05, 0) is 42.7 Å². The lowest BCUT2D eigenvalue weighted by Gasteiger charge is -2.09. The van der Waals surface area contributed by atoms with Gasteiger partial charge in [0, 0.05) is 4.90 Å². The van der Waals surface area contributed by atoms with E-state index in [1.54, 1.807) is 11.8 Å². The highest BCUT2D eigenvalue weighted by molar-refractivity contribution is 7.98. The van der Waals surface area contributed by atoms with Crippen LogP contribution in [0.5, 0.6) is 0 Å². The fourth-order valence-electron chi connectivity index (χ4n) is 1.49. The molecule has 1 aliphatic carbocycles. The minimum absolute atomic E-state index is 0.226. The summed E-state index contributed by atoms with van der Waals surface area (Å²) in [6.07, 6.45) is 4.21. The average Bonchev–Trinajstić information content (AvgIpc) is 3.00.